The van der Waals surface area contributed by atoms with E-state index in [9.17, 15) is 0 Å². The van der Waals surface area contributed by atoms with E-state index in [0.29, 0.717) is 0 Å². The van der Waals surface area contributed by atoms with Gasteiger partial charge in [0.25, 0.3) is 0 Å². The van der Waals surface area contributed by atoms with Crippen molar-refractivity contribution < 1.29 is 0 Å². The van der Waals surface area contributed by atoms with E-state index in [1.54, 1.807) is 0 Å². The van der Waals surface area contributed by atoms with Gasteiger partial charge in [0.2, 0.25) is 0 Å². The molecule has 0 saturated heterocycles. The molecule has 0 saturated carbocycles. The monoisotopic (exact) mass is 348 g/mol. The third-order valence-corrected chi connectivity index (χ3v) is 4.48. The van der Waals surface area contributed by atoms with Crippen molar-refractivity contribution in [2.24, 2.45) is 0 Å². The van der Waals surface area contributed by atoms with Crippen LogP contribution in [-0.2, 0) is 13.1 Å². The molecule has 0 spiro atoms. The van der Waals surface area contributed by atoms with E-state index in [0.717, 1.165) is 49.2 Å². The second-order valence-corrected chi connectivity index (χ2v) is 6.92. The summed E-state index contributed by atoms with van der Waals surface area (Å²) in [4.78, 5) is 18.4. The third kappa shape index (κ3) is 3.79. The van der Waals surface area contributed by atoms with Crippen LogP contribution in [0.3, 0.4) is 0 Å². The predicted molar refractivity (Wildman–Crippen MR) is 102 cm³/mol. The molecule has 134 valence electrons. The SMILES string of the molecule is CN1C=CN(Cc2cccc(-c3cccc(CN4C=CN(C)C4)n3)n2)C1. The summed E-state index contributed by atoms with van der Waals surface area (Å²) in [6, 6.07) is 12.3. The van der Waals surface area contributed by atoms with Crippen molar-refractivity contribution in [3.8, 4) is 11.4 Å². The van der Waals surface area contributed by atoms with Crippen molar-refractivity contribution in [2.75, 3.05) is 27.4 Å². The molecule has 0 atom stereocenters. The lowest BCUT2D eigenvalue weighted by molar-refractivity contribution is 0.288. The summed E-state index contributed by atoms with van der Waals surface area (Å²) >= 11 is 0. The Morgan fingerprint density at radius 2 is 1.15 bits per heavy atom. The van der Waals surface area contributed by atoms with Crippen LogP contribution in [-0.4, -0.2) is 57.0 Å². The van der Waals surface area contributed by atoms with Crippen molar-refractivity contribution >= 4 is 0 Å². The maximum Gasteiger partial charge on any atom is 0.0894 e. The Bertz CT molecular complexity index is 761. The van der Waals surface area contributed by atoms with Crippen molar-refractivity contribution in [3.05, 3.63) is 72.6 Å². The van der Waals surface area contributed by atoms with Gasteiger partial charge in [-0.15, -0.1) is 0 Å². The van der Waals surface area contributed by atoms with Crippen molar-refractivity contribution in [1.29, 1.82) is 0 Å². The van der Waals surface area contributed by atoms with Crippen LogP contribution in [0.15, 0.2) is 61.2 Å². The summed E-state index contributed by atoms with van der Waals surface area (Å²) < 4.78 is 0. The average molecular weight is 348 g/mol. The van der Waals surface area contributed by atoms with Crippen LogP contribution in [0.25, 0.3) is 11.4 Å². The molecule has 0 N–H and O–H groups in total. The summed E-state index contributed by atoms with van der Waals surface area (Å²) in [5, 5.41) is 0. The van der Waals surface area contributed by atoms with Gasteiger partial charge in [-0.05, 0) is 24.3 Å². The predicted octanol–water partition coefficient (Wildman–Crippen LogP) is 2.50. The fourth-order valence-electron chi connectivity index (χ4n) is 3.22. The van der Waals surface area contributed by atoms with E-state index in [1.807, 2.05) is 12.1 Å². The Hall–Kier alpha value is -3.02. The molecule has 6 heteroatoms. The number of nitrogens with zero attached hydrogens (tertiary/aromatic N) is 6. The molecule has 26 heavy (non-hydrogen) atoms. The van der Waals surface area contributed by atoms with Crippen LogP contribution >= 0.6 is 0 Å². The summed E-state index contributed by atoms with van der Waals surface area (Å²) in [5.74, 6) is 0. The minimum absolute atomic E-state index is 0.805. The van der Waals surface area contributed by atoms with E-state index in [2.05, 4.69) is 82.8 Å². The second-order valence-electron chi connectivity index (χ2n) is 6.92. The quantitative estimate of drug-likeness (QED) is 0.827. The van der Waals surface area contributed by atoms with Crippen LogP contribution in [0.5, 0.6) is 0 Å². The first-order chi connectivity index (χ1) is 12.7. The lowest BCUT2D eigenvalue weighted by Gasteiger charge is -2.18. The molecule has 0 radical (unpaired) electrons. The molecule has 4 heterocycles. The number of rotatable bonds is 5. The largest absolute Gasteiger partial charge is 0.362 e. The van der Waals surface area contributed by atoms with Crippen LogP contribution in [0, 0.1) is 0 Å². The molecule has 2 aromatic rings. The minimum atomic E-state index is 0.805. The van der Waals surface area contributed by atoms with Crippen molar-refractivity contribution in [3.63, 3.8) is 0 Å². The van der Waals surface area contributed by atoms with E-state index in [4.69, 9.17) is 9.97 Å². The number of pyridine rings is 2. The van der Waals surface area contributed by atoms with Crippen molar-refractivity contribution in [2.45, 2.75) is 13.1 Å². The lowest BCUT2D eigenvalue weighted by Crippen LogP contribution is -2.22. The molecule has 0 aliphatic carbocycles. The van der Waals surface area contributed by atoms with Crippen molar-refractivity contribution in [1.82, 2.24) is 29.6 Å². The smallest absolute Gasteiger partial charge is 0.0894 e. The summed E-state index contributed by atoms with van der Waals surface area (Å²) in [6.07, 6.45) is 8.37. The van der Waals surface area contributed by atoms with Gasteiger partial charge in [0, 0.05) is 38.9 Å². The van der Waals surface area contributed by atoms with Gasteiger partial charge in [0.1, 0.15) is 0 Å². The van der Waals surface area contributed by atoms with Crippen LogP contribution in [0.1, 0.15) is 11.4 Å². The van der Waals surface area contributed by atoms with E-state index < -0.39 is 0 Å². The van der Waals surface area contributed by atoms with Gasteiger partial charge in [-0.1, -0.05) is 12.1 Å². The highest BCUT2D eigenvalue weighted by Gasteiger charge is 2.12. The first-order valence-electron chi connectivity index (χ1n) is 8.83. The fourth-order valence-corrected chi connectivity index (χ4v) is 3.22. The van der Waals surface area contributed by atoms with Gasteiger partial charge < -0.3 is 19.6 Å². The standard InChI is InChI=1S/C20H24N6/c1-23-9-11-25(15-23)13-17-5-3-7-19(21-17)20-8-4-6-18(22-20)14-26-12-10-24(2)16-26/h3-12H,13-16H2,1-2H3. The summed E-state index contributed by atoms with van der Waals surface area (Å²) in [7, 11) is 4.15. The van der Waals surface area contributed by atoms with Crippen LogP contribution in [0.2, 0.25) is 0 Å². The summed E-state index contributed by atoms with van der Waals surface area (Å²) in [6.45, 7) is 3.41. The average Bonchev–Trinajstić information content (AvgIpc) is 3.23. The van der Waals surface area contributed by atoms with E-state index in [1.165, 1.54) is 0 Å². The van der Waals surface area contributed by atoms with Crippen LogP contribution in [0.4, 0.5) is 0 Å². The third-order valence-electron chi connectivity index (χ3n) is 4.48. The zero-order valence-corrected chi connectivity index (χ0v) is 15.3. The van der Waals surface area contributed by atoms with E-state index >= 15 is 0 Å². The molecule has 2 aliphatic heterocycles. The Labute approximate surface area is 154 Å². The molecule has 2 aliphatic rings. The molecule has 0 unspecified atom stereocenters. The number of hydrogen-bond acceptors (Lipinski definition) is 6. The topological polar surface area (TPSA) is 38.7 Å². The van der Waals surface area contributed by atoms with Gasteiger partial charge in [-0.25, -0.2) is 9.97 Å². The first kappa shape index (κ1) is 16.4. The molecule has 0 fully saturated rings. The van der Waals surface area contributed by atoms with Gasteiger partial charge in [0.15, 0.2) is 0 Å². The van der Waals surface area contributed by atoms with Gasteiger partial charge in [0.05, 0.1) is 49.2 Å². The molecular formula is C20H24N6. The Kier molecular flexibility index (Phi) is 4.48. The second kappa shape index (κ2) is 7.07. The summed E-state index contributed by atoms with van der Waals surface area (Å²) in [5.41, 5.74) is 3.96. The molecule has 0 amide bonds. The minimum Gasteiger partial charge on any atom is -0.362 e. The molecule has 0 bridgehead atoms. The Balaban J connectivity index is 1.48. The number of aromatic nitrogens is 2. The zero-order chi connectivity index (χ0) is 17.9. The molecule has 6 nitrogen and oxygen atoms in total. The maximum absolute atomic E-state index is 4.82. The van der Waals surface area contributed by atoms with Gasteiger partial charge in [-0.2, -0.15) is 0 Å². The Morgan fingerprint density at radius 1 is 0.692 bits per heavy atom. The fraction of sp³-hybridized carbons (Fsp3) is 0.300. The zero-order valence-electron chi connectivity index (χ0n) is 15.3. The van der Waals surface area contributed by atoms with Gasteiger partial charge in [-0.3, -0.25) is 0 Å². The normalized spacial score (nSPS) is 16.2. The Morgan fingerprint density at radius 3 is 1.54 bits per heavy atom. The molecular weight excluding hydrogens is 324 g/mol. The van der Waals surface area contributed by atoms with Gasteiger partial charge >= 0.3 is 0 Å². The highest BCUT2D eigenvalue weighted by Crippen LogP contribution is 2.18. The molecule has 0 aromatic carbocycles. The van der Waals surface area contributed by atoms with E-state index in [-0.39, 0.29) is 0 Å². The number of hydrogen-bond donors (Lipinski definition) is 0. The molecule has 2 aromatic heterocycles. The molecule has 4 rings (SSSR count). The lowest BCUT2D eigenvalue weighted by atomic mass is 10.2. The maximum atomic E-state index is 4.82. The van der Waals surface area contributed by atoms with Crippen LogP contribution < -0.4 is 0 Å². The first-order valence-corrected chi connectivity index (χ1v) is 8.83. The highest BCUT2D eigenvalue weighted by molar-refractivity contribution is 5.54. The highest BCUT2D eigenvalue weighted by atomic mass is 15.3.